The maximum atomic E-state index is 9.38. The number of nitrogens with zero attached hydrogens (tertiary/aromatic N) is 1. The lowest BCUT2D eigenvalue weighted by Crippen LogP contribution is -2.23. The zero-order chi connectivity index (χ0) is 14.7. The molecule has 108 valence electrons. The third-order valence-corrected chi connectivity index (χ3v) is 4.41. The van der Waals surface area contributed by atoms with E-state index in [2.05, 4.69) is 28.7 Å². The van der Waals surface area contributed by atoms with E-state index in [-0.39, 0.29) is 6.04 Å². The van der Waals surface area contributed by atoms with Gasteiger partial charge in [-0.1, -0.05) is 19.1 Å². The first-order valence-corrected chi connectivity index (χ1v) is 7.98. The molecule has 0 fully saturated rings. The van der Waals surface area contributed by atoms with E-state index in [0.29, 0.717) is 5.75 Å². The number of likely N-dealkylation sites (N-methyl/N-ethyl adjacent to an activating group) is 1. The van der Waals surface area contributed by atoms with Crippen LogP contribution in [-0.4, -0.2) is 16.6 Å². The van der Waals surface area contributed by atoms with Gasteiger partial charge < -0.3 is 10.4 Å². The fraction of sp³-hybridized carbons (Fsp3) is 0.235. The number of phenolic OH excluding ortho intramolecular Hbond substituents is 1. The number of thiophene rings is 1. The highest BCUT2D eigenvalue weighted by molar-refractivity contribution is 7.17. The Bertz CT molecular complexity index is 721. The van der Waals surface area contributed by atoms with E-state index in [1.807, 2.05) is 24.4 Å². The van der Waals surface area contributed by atoms with Gasteiger partial charge in [0.05, 0.1) is 10.2 Å². The summed E-state index contributed by atoms with van der Waals surface area (Å²) in [6.07, 6.45) is 2.84. The second-order valence-corrected chi connectivity index (χ2v) is 6.00. The summed E-state index contributed by atoms with van der Waals surface area (Å²) in [7, 11) is 0. The van der Waals surface area contributed by atoms with Crippen LogP contribution in [0.25, 0.3) is 10.2 Å². The van der Waals surface area contributed by atoms with Gasteiger partial charge in [0.2, 0.25) is 0 Å². The van der Waals surface area contributed by atoms with Crippen LogP contribution in [0.5, 0.6) is 5.75 Å². The molecule has 0 bridgehead atoms. The number of pyridine rings is 1. The number of rotatable bonds is 5. The lowest BCUT2D eigenvalue weighted by Gasteiger charge is -2.18. The Hall–Kier alpha value is -1.91. The molecule has 0 saturated heterocycles. The Balaban J connectivity index is 1.87. The number of benzene rings is 1. The summed E-state index contributed by atoms with van der Waals surface area (Å²) < 4.78 is 1.22. The minimum atomic E-state index is 0.235. The lowest BCUT2D eigenvalue weighted by atomic mass is 10.00. The van der Waals surface area contributed by atoms with Crippen LogP contribution in [0.15, 0.2) is 48.0 Å². The van der Waals surface area contributed by atoms with Crippen LogP contribution in [-0.2, 0) is 6.42 Å². The average Bonchev–Trinajstić information content (AvgIpc) is 2.96. The second kappa shape index (κ2) is 6.24. The summed E-state index contributed by atoms with van der Waals surface area (Å²) >= 11 is 1.72. The number of fused-ring (bicyclic) bond motifs is 1. The van der Waals surface area contributed by atoms with E-state index in [9.17, 15) is 5.11 Å². The van der Waals surface area contributed by atoms with Crippen LogP contribution >= 0.6 is 11.3 Å². The van der Waals surface area contributed by atoms with Crippen LogP contribution in [0, 0.1) is 0 Å². The minimum absolute atomic E-state index is 0.235. The standard InChI is InChI=1S/C17H18N2OS/c1-2-18-16(9-12-3-5-14(20)6-4-12)13-10-17-15(19-11-13)7-8-21-17/h3-8,10-11,16,18,20H,2,9H2,1H3. The highest BCUT2D eigenvalue weighted by atomic mass is 32.1. The zero-order valence-corrected chi connectivity index (χ0v) is 12.7. The van der Waals surface area contributed by atoms with Crippen LogP contribution in [0.3, 0.4) is 0 Å². The van der Waals surface area contributed by atoms with Gasteiger partial charge in [0.25, 0.3) is 0 Å². The van der Waals surface area contributed by atoms with Gasteiger partial charge in [-0.25, -0.2) is 0 Å². The number of aromatic hydroxyl groups is 1. The van der Waals surface area contributed by atoms with E-state index in [1.165, 1.54) is 15.8 Å². The molecule has 21 heavy (non-hydrogen) atoms. The van der Waals surface area contributed by atoms with Crippen LogP contribution in [0.1, 0.15) is 24.1 Å². The quantitative estimate of drug-likeness (QED) is 0.751. The highest BCUT2D eigenvalue weighted by Crippen LogP contribution is 2.25. The summed E-state index contributed by atoms with van der Waals surface area (Å²) in [5, 5.41) is 15.0. The maximum Gasteiger partial charge on any atom is 0.115 e. The third-order valence-electron chi connectivity index (χ3n) is 3.55. The third kappa shape index (κ3) is 3.23. The molecule has 4 heteroatoms. The Morgan fingerprint density at radius 1 is 1.24 bits per heavy atom. The Labute approximate surface area is 128 Å². The molecule has 1 aromatic carbocycles. The van der Waals surface area contributed by atoms with Crippen molar-refractivity contribution in [1.29, 1.82) is 0 Å². The predicted molar refractivity (Wildman–Crippen MR) is 87.8 cm³/mol. The van der Waals surface area contributed by atoms with Gasteiger partial charge in [-0.3, -0.25) is 4.98 Å². The number of hydrogen-bond acceptors (Lipinski definition) is 4. The van der Waals surface area contributed by atoms with Crippen molar-refractivity contribution >= 4 is 21.6 Å². The van der Waals surface area contributed by atoms with Gasteiger partial charge in [-0.05, 0) is 53.7 Å². The molecule has 1 atom stereocenters. The number of hydrogen-bond donors (Lipinski definition) is 2. The smallest absolute Gasteiger partial charge is 0.115 e. The molecule has 0 aliphatic carbocycles. The highest BCUT2D eigenvalue weighted by Gasteiger charge is 2.13. The Morgan fingerprint density at radius 2 is 2.05 bits per heavy atom. The second-order valence-electron chi connectivity index (χ2n) is 5.05. The molecule has 0 amide bonds. The minimum Gasteiger partial charge on any atom is -0.508 e. The monoisotopic (exact) mass is 298 g/mol. The average molecular weight is 298 g/mol. The van der Waals surface area contributed by atoms with Crippen LogP contribution in [0.4, 0.5) is 0 Å². The summed E-state index contributed by atoms with van der Waals surface area (Å²) in [4.78, 5) is 4.53. The summed E-state index contributed by atoms with van der Waals surface area (Å²) in [6.45, 7) is 3.02. The van der Waals surface area contributed by atoms with Gasteiger partial charge in [0.15, 0.2) is 0 Å². The van der Waals surface area contributed by atoms with Crippen molar-refractivity contribution in [3.8, 4) is 5.75 Å². The van der Waals surface area contributed by atoms with Crippen molar-refractivity contribution < 1.29 is 5.11 Å². The zero-order valence-electron chi connectivity index (χ0n) is 11.9. The van der Waals surface area contributed by atoms with E-state index in [4.69, 9.17) is 0 Å². The molecule has 3 nitrogen and oxygen atoms in total. The molecule has 2 aromatic heterocycles. The topological polar surface area (TPSA) is 45.1 Å². The van der Waals surface area contributed by atoms with Gasteiger partial charge >= 0.3 is 0 Å². The first kappa shape index (κ1) is 14.0. The van der Waals surface area contributed by atoms with Crippen molar-refractivity contribution in [2.24, 2.45) is 0 Å². The van der Waals surface area contributed by atoms with E-state index in [1.54, 1.807) is 23.5 Å². The SMILES string of the molecule is CCNC(Cc1ccc(O)cc1)c1cnc2ccsc2c1. The summed E-state index contributed by atoms with van der Waals surface area (Å²) in [5.41, 5.74) is 3.47. The van der Waals surface area contributed by atoms with Gasteiger partial charge in [-0.2, -0.15) is 0 Å². The first-order chi connectivity index (χ1) is 10.3. The fourth-order valence-corrected chi connectivity index (χ4v) is 3.26. The molecule has 3 rings (SSSR count). The maximum absolute atomic E-state index is 9.38. The first-order valence-electron chi connectivity index (χ1n) is 7.10. The molecule has 1 unspecified atom stereocenters. The van der Waals surface area contributed by atoms with Crippen LogP contribution < -0.4 is 5.32 Å². The van der Waals surface area contributed by atoms with Crippen molar-refractivity contribution in [1.82, 2.24) is 10.3 Å². The molecule has 0 saturated carbocycles. The number of phenols is 1. The molecule has 0 aliphatic rings. The molecular formula is C17H18N2OS. The van der Waals surface area contributed by atoms with Gasteiger partial charge in [0, 0.05) is 12.2 Å². The summed E-state index contributed by atoms with van der Waals surface area (Å²) in [5.74, 6) is 0.306. The molecule has 0 aliphatic heterocycles. The van der Waals surface area contributed by atoms with Crippen LogP contribution in [0.2, 0.25) is 0 Å². The van der Waals surface area contributed by atoms with E-state index < -0.39 is 0 Å². The Morgan fingerprint density at radius 3 is 2.81 bits per heavy atom. The molecule has 2 heterocycles. The summed E-state index contributed by atoms with van der Waals surface area (Å²) in [6, 6.07) is 11.9. The van der Waals surface area contributed by atoms with E-state index in [0.717, 1.165) is 18.5 Å². The Kier molecular flexibility index (Phi) is 4.18. The molecule has 0 spiro atoms. The van der Waals surface area contributed by atoms with E-state index >= 15 is 0 Å². The fourth-order valence-electron chi connectivity index (χ4n) is 2.47. The normalized spacial score (nSPS) is 12.6. The van der Waals surface area contributed by atoms with Crippen molar-refractivity contribution in [2.45, 2.75) is 19.4 Å². The van der Waals surface area contributed by atoms with Crippen molar-refractivity contribution in [2.75, 3.05) is 6.54 Å². The molecule has 2 N–H and O–H groups in total. The van der Waals surface area contributed by atoms with Crippen molar-refractivity contribution in [3.05, 3.63) is 59.1 Å². The van der Waals surface area contributed by atoms with Gasteiger partial charge in [-0.15, -0.1) is 11.3 Å². The molecule has 3 aromatic rings. The molecule has 0 radical (unpaired) electrons. The largest absolute Gasteiger partial charge is 0.508 e. The number of nitrogens with one attached hydrogen (secondary N) is 1. The van der Waals surface area contributed by atoms with Gasteiger partial charge in [0.1, 0.15) is 5.75 Å². The predicted octanol–water partition coefficient (Wildman–Crippen LogP) is 3.90. The number of aromatic nitrogens is 1. The molecular weight excluding hydrogens is 280 g/mol. The lowest BCUT2D eigenvalue weighted by molar-refractivity contribution is 0.474. The van der Waals surface area contributed by atoms with Crippen molar-refractivity contribution in [3.63, 3.8) is 0 Å².